The molecule has 0 saturated heterocycles. The zero-order valence-electron chi connectivity index (χ0n) is 31.4. The van der Waals surface area contributed by atoms with E-state index in [1.807, 2.05) is 32.9 Å². The summed E-state index contributed by atoms with van der Waals surface area (Å²) in [5, 5.41) is 3.43. The number of hydrogen-bond donors (Lipinski definition) is 0. The van der Waals surface area contributed by atoms with Crippen molar-refractivity contribution in [2.45, 2.75) is 112 Å². The highest BCUT2D eigenvalue weighted by atomic mass is 16.3. The van der Waals surface area contributed by atoms with Gasteiger partial charge in [-0.25, -0.2) is 0 Å². The number of fused-ring (bicyclic) bond motifs is 6. The molecule has 2 heterocycles. The van der Waals surface area contributed by atoms with Gasteiger partial charge in [-0.15, -0.1) is 0 Å². The van der Waals surface area contributed by atoms with Crippen molar-refractivity contribution in [3.63, 3.8) is 0 Å². The summed E-state index contributed by atoms with van der Waals surface area (Å²) < 4.78 is 53.1. The molecule has 0 fully saturated rings. The first-order valence-electron chi connectivity index (χ1n) is 17.5. The highest BCUT2D eigenvalue weighted by molar-refractivity contribution is 6.12. The van der Waals surface area contributed by atoms with Crippen LogP contribution in [0.3, 0.4) is 0 Å². The van der Waals surface area contributed by atoms with Gasteiger partial charge in [-0.1, -0.05) is 93.5 Å². The maximum atomic E-state index is 9.63. The lowest BCUT2D eigenvalue weighted by Gasteiger charge is -2.44. The van der Waals surface area contributed by atoms with Crippen LogP contribution in [0.5, 0.6) is 0 Å². The number of nitrogens with zero attached hydrogens (tertiary/aromatic N) is 1. The van der Waals surface area contributed by atoms with Crippen LogP contribution in [0.4, 0.5) is 0 Å². The van der Waals surface area contributed by atoms with Crippen molar-refractivity contribution in [1.29, 1.82) is 0 Å². The van der Waals surface area contributed by atoms with Crippen LogP contribution in [-0.2, 0) is 22.6 Å². The molecule has 41 heavy (non-hydrogen) atoms. The van der Waals surface area contributed by atoms with Crippen molar-refractivity contribution in [2.75, 3.05) is 0 Å². The lowest BCUT2D eigenvalue weighted by molar-refractivity contribution is 0.323. The largest absolute Gasteiger partial charge is 0.453 e. The lowest BCUT2D eigenvalue weighted by atomic mass is 9.60. The van der Waals surface area contributed by atoms with E-state index < -0.39 is 24.1 Å². The third-order valence-electron chi connectivity index (χ3n) is 9.00. The van der Waals surface area contributed by atoms with Crippen molar-refractivity contribution in [3.05, 3.63) is 76.5 Å². The molecule has 0 unspecified atom stereocenters. The fourth-order valence-corrected chi connectivity index (χ4v) is 6.91. The fourth-order valence-electron chi connectivity index (χ4n) is 6.91. The SMILES string of the molecule is [2H]C([2H])([2H])c1c(C([2H])([2H])C(C)(C)C)c2c(c3oc4c(-c5cc(C(C)(C)C)c6ccccc6c5)nccc4c13)C(C)(C)CCC2(C)C. The van der Waals surface area contributed by atoms with Gasteiger partial charge in [0.05, 0.1) is 0 Å². The molecule has 6 rings (SSSR count). The molecule has 0 spiro atoms. The molecular weight excluding hydrogens is 498 g/mol. The van der Waals surface area contributed by atoms with Crippen LogP contribution in [0.25, 0.3) is 44.0 Å². The molecule has 0 bridgehead atoms. The van der Waals surface area contributed by atoms with Crippen LogP contribution in [-0.4, -0.2) is 4.98 Å². The predicted octanol–water partition coefficient (Wildman–Crippen LogP) is 11.3. The number of furan rings is 1. The van der Waals surface area contributed by atoms with Gasteiger partial charge in [0, 0.05) is 34.9 Å². The van der Waals surface area contributed by atoms with E-state index in [1.165, 1.54) is 10.9 Å². The van der Waals surface area contributed by atoms with Crippen LogP contribution in [0.15, 0.2) is 53.1 Å². The lowest BCUT2D eigenvalue weighted by Crippen LogP contribution is -2.36. The van der Waals surface area contributed by atoms with Gasteiger partial charge in [-0.05, 0) is 99.0 Å². The molecule has 2 nitrogen and oxygen atoms in total. The normalized spacial score (nSPS) is 19.4. The minimum Gasteiger partial charge on any atom is -0.453 e. The van der Waals surface area contributed by atoms with E-state index in [0.29, 0.717) is 33.2 Å². The molecule has 0 radical (unpaired) electrons. The number of pyridine rings is 1. The molecule has 3 aromatic carbocycles. The Balaban J connectivity index is 1.86. The van der Waals surface area contributed by atoms with E-state index in [0.717, 1.165) is 34.9 Å². The number of benzene rings is 3. The summed E-state index contributed by atoms with van der Waals surface area (Å²) in [4.78, 5) is 4.87. The molecule has 0 amide bonds. The highest BCUT2D eigenvalue weighted by Gasteiger charge is 2.43. The zero-order valence-corrected chi connectivity index (χ0v) is 26.4. The van der Waals surface area contributed by atoms with E-state index in [2.05, 4.69) is 78.8 Å². The average molecular weight is 551 g/mol. The second kappa shape index (κ2) is 8.93. The Morgan fingerprint density at radius 2 is 1.56 bits per heavy atom. The van der Waals surface area contributed by atoms with Crippen LogP contribution in [0, 0.1) is 12.3 Å². The predicted molar refractivity (Wildman–Crippen MR) is 176 cm³/mol. The van der Waals surface area contributed by atoms with Crippen molar-refractivity contribution in [2.24, 2.45) is 5.41 Å². The molecule has 1 aliphatic rings. The topological polar surface area (TPSA) is 26.0 Å². The first-order valence-corrected chi connectivity index (χ1v) is 15.0. The number of aryl methyl sites for hydroxylation is 1. The summed E-state index contributed by atoms with van der Waals surface area (Å²) in [5.41, 5.74) is 4.09. The quantitative estimate of drug-likeness (QED) is 0.218. The molecule has 1 aliphatic carbocycles. The second-order valence-corrected chi connectivity index (χ2v) is 15.5. The van der Waals surface area contributed by atoms with Crippen molar-refractivity contribution in [3.8, 4) is 11.3 Å². The Bertz CT molecular complexity index is 2030. The van der Waals surface area contributed by atoms with E-state index >= 15 is 0 Å². The van der Waals surface area contributed by atoms with Crippen LogP contribution in [0.2, 0.25) is 0 Å². The zero-order chi connectivity index (χ0) is 34.0. The van der Waals surface area contributed by atoms with Crippen LogP contribution >= 0.6 is 0 Å². The highest BCUT2D eigenvalue weighted by Crippen LogP contribution is 2.54. The average Bonchev–Trinajstić information content (AvgIpc) is 3.31. The van der Waals surface area contributed by atoms with Gasteiger partial charge in [0.2, 0.25) is 0 Å². The Kier molecular flexibility index (Phi) is 4.90. The van der Waals surface area contributed by atoms with Gasteiger partial charge in [0.15, 0.2) is 5.58 Å². The monoisotopic (exact) mass is 550 g/mol. The number of rotatable bonds is 2. The molecule has 0 N–H and O–H groups in total. The fraction of sp³-hybridized carbons (Fsp3) is 0.462. The van der Waals surface area contributed by atoms with E-state index in [1.54, 1.807) is 6.20 Å². The van der Waals surface area contributed by atoms with Crippen molar-refractivity contribution >= 4 is 32.7 Å². The van der Waals surface area contributed by atoms with E-state index in [9.17, 15) is 2.74 Å². The minimum atomic E-state index is -2.60. The summed E-state index contributed by atoms with van der Waals surface area (Å²) in [5.74, 6) is 0. The molecule has 0 atom stereocenters. The number of hydrogen-bond acceptors (Lipinski definition) is 2. The van der Waals surface area contributed by atoms with E-state index in [4.69, 9.17) is 13.5 Å². The van der Waals surface area contributed by atoms with Crippen LogP contribution in [0.1, 0.15) is 117 Å². The van der Waals surface area contributed by atoms with Gasteiger partial charge < -0.3 is 4.42 Å². The van der Waals surface area contributed by atoms with Crippen molar-refractivity contribution < 1.29 is 11.3 Å². The number of aromatic nitrogens is 1. The van der Waals surface area contributed by atoms with Gasteiger partial charge in [0.1, 0.15) is 11.3 Å². The maximum Gasteiger partial charge on any atom is 0.161 e. The summed E-state index contributed by atoms with van der Waals surface area (Å²) in [7, 11) is 0. The first kappa shape index (κ1) is 22.5. The summed E-state index contributed by atoms with van der Waals surface area (Å²) in [6, 6.07) is 14.5. The van der Waals surface area contributed by atoms with Gasteiger partial charge >= 0.3 is 0 Å². The molecule has 5 aromatic rings. The third-order valence-corrected chi connectivity index (χ3v) is 9.00. The second-order valence-electron chi connectivity index (χ2n) is 15.5. The maximum absolute atomic E-state index is 9.63. The van der Waals surface area contributed by atoms with E-state index in [-0.39, 0.29) is 16.4 Å². The smallest absolute Gasteiger partial charge is 0.161 e. The minimum absolute atomic E-state index is 0.0664. The summed E-state index contributed by atoms with van der Waals surface area (Å²) in [6.07, 6.45) is 1.47. The Hall–Kier alpha value is -3.13. The molecule has 214 valence electrons. The Morgan fingerprint density at radius 1 is 0.878 bits per heavy atom. The molecule has 0 saturated carbocycles. The van der Waals surface area contributed by atoms with Crippen LogP contribution < -0.4 is 0 Å². The Labute approximate surface area is 253 Å². The van der Waals surface area contributed by atoms with Gasteiger partial charge in [0.25, 0.3) is 0 Å². The first-order chi connectivity index (χ1) is 21.0. The third kappa shape index (κ3) is 4.49. The molecule has 0 aliphatic heterocycles. The summed E-state index contributed by atoms with van der Waals surface area (Å²) in [6.45, 7) is 18.2. The van der Waals surface area contributed by atoms with Gasteiger partial charge in [-0.2, -0.15) is 0 Å². The van der Waals surface area contributed by atoms with Crippen molar-refractivity contribution in [1.82, 2.24) is 4.98 Å². The molecule has 2 heteroatoms. The van der Waals surface area contributed by atoms with Gasteiger partial charge in [-0.3, -0.25) is 4.98 Å². The molecular formula is C39H47NO. The summed E-state index contributed by atoms with van der Waals surface area (Å²) >= 11 is 0. The molecule has 2 aromatic heterocycles. The Morgan fingerprint density at radius 3 is 2.22 bits per heavy atom. The standard InChI is InChI=1S/C39H47NO/c1-23-28(22-36(2,3)4)31-32(39(10,11)18-17-38(31,8)9)35-30(23)27-16-19-40-33(34(27)41-35)25-20-24-14-12-13-15-26(24)29(21-25)37(5,6)7/h12-16,19-21H,17-18,22H2,1-11H3/i1D3,22D2.